The number of ether oxygens (including phenoxy) is 1. The molecule has 0 radical (unpaired) electrons. The second-order valence-electron chi connectivity index (χ2n) is 4.14. The Balaban J connectivity index is 1.97. The normalized spacial score (nSPS) is 15.5. The quantitative estimate of drug-likeness (QED) is 0.883. The number of hydrogen-bond donors (Lipinski definition) is 1. The highest BCUT2D eigenvalue weighted by atomic mass is 16.5. The molecule has 0 aromatic carbocycles. The molecule has 0 aliphatic carbocycles. The molecule has 0 saturated carbocycles. The lowest BCUT2D eigenvalue weighted by atomic mass is 10.3. The molecule has 1 fully saturated rings. The van der Waals surface area contributed by atoms with Crippen LogP contribution in [0.1, 0.15) is 0 Å². The highest BCUT2D eigenvalue weighted by Gasteiger charge is 2.17. The van der Waals surface area contributed by atoms with Gasteiger partial charge in [0.2, 0.25) is 11.9 Å². The highest BCUT2D eigenvalue weighted by Crippen LogP contribution is 2.20. The Hall–Kier alpha value is -2.15. The SMILES string of the molecule is CNc1nc(-c2ccoc2)nc(N2CCOCC2)n1. The van der Waals surface area contributed by atoms with E-state index in [-0.39, 0.29) is 0 Å². The second-order valence-corrected chi connectivity index (χ2v) is 4.14. The maximum Gasteiger partial charge on any atom is 0.230 e. The van der Waals surface area contributed by atoms with Crippen LogP contribution in [0.25, 0.3) is 11.4 Å². The van der Waals surface area contributed by atoms with Gasteiger partial charge in [-0.05, 0) is 6.07 Å². The molecule has 0 spiro atoms. The topological polar surface area (TPSA) is 76.3 Å². The first kappa shape index (κ1) is 11.9. The largest absolute Gasteiger partial charge is 0.472 e. The van der Waals surface area contributed by atoms with Crippen LogP contribution in [-0.4, -0.2) is 48.3 Å². The van der Waals surface area contributed by atoms with Crippen molar-refractivity contribution in [2.24, 2.45) is 0 Å². The number of hydrogen-bond acceptors (Lipinski definition) is 7. The van der Waals surface area contributed by atoms with Crippen LogP contribution in [-0.2, 0) is 4.74 Å². The van der Waals surface area contributed by atoms with Gasteiger partial charge in [-0.15, -0.1) is 0 Å². The fourth-order valence-corrected chi connectivity index (χ4v) is 1.90. The van der Waals surface area contributed by atoms with Gasteiger partial charge in [0.25, 0.3) is 0 Å². The minimum atomic E-state index is 0.549. The summed E-state index contributed by atoms with van der Waals surface area (Å²) in [5, 5.41) is 2.96. The second kappa shape index (κ2) is 5.23. The van der Waals surface area contributed by atoms with Crippen molar-refractivity contribution in [3.05, 3.63) is 18.6 Å². The van der Waals surface area contributed by atoms with E-state index in [0.29, 0.717) is 30.9 Å². The molecule has 0 amide bonds. The minimum Gasteiger partial charge on any atom is -0.472 e. The molecule has 3 heterocycles. The van der Waals surface area contributed by atoms with Crippen LogP contribution >= 0.6 is 0 Å². The van der Waals surface area contributed by atoms with Crippen LogP contribution < -0.4 is 10.2 Å². The van der Waals surface area contributed by atoms with E-state index in [1.165, 1.54) is 0 Å². The smallest absolute Gasteiger partial charge is 0.230 e. The zero-order chi connectivity index (χ0) is 13.1. The van der Waals surface area contributed by atoms with Gasteiger partial charge in [0, 0.05) is 20.1 Å². The van der Waals surface area contributed by atoms with E-state index in [2.05, 4.69) is 25.2 Å². The van der Waals surface area contributed by atoms with Crippen LogP contribution in [0.3, 0.4) is 0 Å². The lowest BCUT2D eigenvalue weighted by molar-refractivity contribution is 0.122. The monoisotopic (exact) mass is 261 g/mol. The van der Waals surface area contributed by atoms with Crippen molar-refractivity contribution in [1.29, 1.82) is 0 Å². The summed E-state index contributed by atoms with van der Waals surface area (Å²) in [6.07, 6.45) is 3.23. The molecule has 7 heteroatoms. The zero-order valence-electron chi connectivity index (χ0n) is 10.7. The molecule has 19 heavy (non-hydrogen) atoms. The molecule has 100 valence electrons. The maximum absolute atomic E-state index is 5.34. The van der Waals surface area contributed by atoms with Gasteiger partial charge in [-0.3, -0.25) is 0 Å². The number of nitrogens with one attached hydrogen (secondary N) is 1. The van der Waals surface area contributed by atoms with Crippen molar-refractivity contribution in [3.8, 4) is 11.4 Å². The Kier molecular flexibility index (Phi) is 3.28. The fraction of sp³-hybridized carbons (Fsp3) is 0.417. The van der Waals surface area contributed by atoms with Crippen molar-refractivity contribution in [1.82, 2.24) is 15.0 Å². The van der Waals surface area contributed by atoms with Crippen LogP contribution in [0.15, 0.2) is 23.0 Å². The Morgan fingerprint density at radius 3 is 2.74 bits per heavy atom. The van der Waals surface area contributed by atoms with Gasteiger partial charge >= 0.3 is 0 Å². The number of furan rings is 1. The molecule has 2 aromatic heterocycles. The van der Waals surface area contributed by atoms with E-state index in [9.17, 15) is 0 Å². The van der Waals surface area contributed by atoms with Gasteiger partial charge < -0.3 is 19.4 Å². The summed E-state index contributed by atoms with van der Waals surface area (Å²) in [7, 11) is 1.79. The van der Waals surface area contributed by atoms with E-state index in [0.717, 1.165) is 18.7 Å². The molecule has 7 nitrogen and oxygen atoms in total. The van der Waals surface area contributed by atoms with E-state index in [1.54, 1.807) is 19.6 Å². The number of rotatable bonds is 3. The van der Waals surface area contributed by atoms with Gasteiger partial charge in [-0.1, -0.05) is 0 Å². The third kappa shape index (κ3) is 2.50. The van der Waals surface area contributed by atoms with Gasteiger partial charge in [0.15, 0.2) is 5.82 Å². The third-order valence-electron chi connectivity index (χ3n) is 2.92. The van der Waals surface area contributed by atoms with Gasteiger partial charge in [-0.25, -0.2) is 0 Å². The van der Waals surface area contributed by atoms with E-state index in [1.807, 2.05) is 6.07 Å². The standard InChI is InChI=1S/C12H15N5O2/c1-13-11-14-10(9-2-5-19-8-9)15-12(16-11)17-3-6-18-7-4-17/h2,5,8H,3-4,6-7H2,1H3,(H,13,14,15,16). The first-order chi connectivity index (χ1) is 9.36. The molecule has 1 aliphatic heterocycles. The molecule has 2 aromatic rings. The summed E-state index contributed by atoms with van der Waals surface area (Å²) < 4.78 is 10.4. The molecule has 3 rings (SSSR count). The summed E-state index contributed by atoms with van der Waals surface area (Å²) in [6, 6.07) is 1.83. The van der Waals surface area contributed by atoms with Crippen LogP contribution in [0.4, 0.5) is 11.9 Å². The average Bonchev–Trinajstić information content (AvgIpc) is 3.02. The van der Waals surface area contributed by atoms with E-state index in [4.69, 9.17) is 9.15 Å². The summed E-state index contributed by atoms with van der Waals surface area (Å²) in [6.45, 7) is 2.97. The first-order valence-corrected chi connectivity index (χ1v) is 6.16. The van der Waals surface area contributed by atoms with Crippen molar-refractivity contribution in [2.75, 3.05) is 43.6 Å². The Labute approximate surface area is 110 Å². The minimum absolute atomic E-state index is 0.549. The maximum atomic E-state index is 5.34. The van der Waals surface area contributed by atoms with Crippen molar-refractivity contribution in [3.63, 3.8) is 0 Å². The third-order valence-corrected chi connectivity index (χ3v) is 2.92. The molecule has 1 aliphatic rings. The summed E-state index contributed by atoms with van der Waals surface area (Å²) >= 11 is 0. The number of anilines is 2. The molecule has 1 N–H and O–H groups in total. The molecule has 0 atom stereocenters. The summed E-state index contributed by atoms with van der Waals surface area (Å²) in [5.74, 6) is 1.82. The lowest BCUT2D eigenvalue weighted by Gasteiger charge is -2.26. The number of aromatic nitrogens is 3. The van der Waals surface area contributed by atoms with Gasteiger partial charge in [0.1, 0.15) is 6.26 Å². The molecule has 0 unspecified atom stereocenters. The van der Waals surface area contributed by atoms with Crippen LogP contribution in [0.2, 0.25) is 0 Å². The van der Waals surface area contributed by atoms with E-state index < -0.39 is 0 Å². The number of nitrogens with zero attached hydrogens (tertiary/aromatic N) is 4. The Morgan fingerprint density at radius 1 is 1.21 bits per heavy atom. The molecule has 0 bridgehead atoms. The highest BCUT2D eigenvalue weighted by molar-refractivity contribution is 5.56. The lowest BCUT2D eigenvalue weighted by Crippen LogP contribution is -2.37. The first-order valence-electron chi connectivity index (χ1n) is 6.16. The van der Waals surface area contributed by atoms with Crippen LogP contribution in [0.5, 0.6) is 0 Å². The Bertz CT molecular complexity index is 537. The van der Waals surface area contributed by atoms with Crippen molar-refractivity contribution >= 4 is 11.9 Å². The summed E-state index contributed by atoms with van der Waals surface area (Å²) in [5.41, 5.74) is 0.841. The predicted octanol–water partition coefficient (Wildman–Crippen LogP) is 1.01. The predicted molar refractivity (Wildman–Crippen MR) is 70.1 cm³/mol. The van der Waals surface area contributed by atoms with Gasteiger partial charge in [-0.2, -0.15) is 15.0 Å². The van der Waals surface area contributed by atoms with Crippen molar-refractivity contribution < 1.29 is 9.15 Å². The molecular formula is C12H15N5O2. The number of morpholine rings is 1. The fourth-order valence-electron chi connectivity index (χ4n) is 1.90. The molecular weight excluding hydrogens is 246 g/mol. The van der Waals surface area contributed by atoms with Crippen LogP contribution in [0, 0.1) is 0 Å². The van der Waals surface area contributed by atoms with Gasteiger partial charge in [0.05, 0.1) is 25.0 Å². The Morgan fingerprint density at radius 2 is 2.05 bits per heavy atom. The van der Waals surface area contributed by atoms with E-state index >= 15 is 0 Å². The van der Waals surface area contributed by atoms with Crippen molar-refractivity contribution in [2.45, 2.75) is 0 Å². The zero-order valence-corrected chi connectivity index (χ0v) is 10.7. The average molecular weight is 261 g/mol. The molecule has 1 saturated heterocycles. The summed E-state index contributed by atoms with van der Waals surface area (Å²) in [4.78, 5) is 15.3.